The zero-order valence-electron chi connectivity index (χ0n) is 24.5. The number of hydrogen-bond acceptors (Lipinski definition) is 10. The molecule has 0 spiro atoms. The Balaban J connectivity index is 1.52. The summed E-state index contributed by atoms with van der Waals surface area (Å²) in [6, 6.07) is 6.57. The first kappa shape index (κ1) is 28.1. The first-order valence-electron chi connectivity index (χ1n) is 14.5. The summed E-state index contributed by atoms with van der Waals surface area (Å²) in [5.41, 5.74) is 9.33. The molecule has 0 bridgehead atoms. The van der Waals surface area contributed by atoms with Crippen molar-refractivity contribution in [1.82, 2.24) is 25.3 Å². The van der Waals surface area contributed by atoms with Gasteiger partial charge in [-0.05, 0) is 79.0 Å². The Kier molecular flexibility index (Phi) is 8.15. The topological polar surface area (TPSA) is 129 Å². The number of likely N-dealkylation sites (tertiary alicyclic amines) is 1. The van der Waals surface area contributed by atoms with Gasteiger partial charge in [-0.25, -0.2) is 4.98 Å². The van der Waals surface area contributed by atoms with Gasteiger partial charge in [0.1, 0.15) is 23.8 Å². The first-order valence-corrected chi connectivity index (χ1v) is 14.5. The Morgan fingerprint density at radius 3 is 2.70 bits per heavy atom. The van der Waals surface area contributed by atoms with Crippen molar-refractivity contribution < 1.29 is 9.26 Å². The zero-order valence-corrected chi connectivity index (χ0v) is 24.5. The lowest BCUT2D eigenvalue weighted by molar-refractivity contribution is 0.117. The fourth-order valence-corrected chi connectivity index (χ4v) is 6.59. The van der Waals surface area contributed by atoms with E-state index in [4.69, 9.17) is 25.0 Å². The van der Waals surface area contributed by atoms with Gasteiger partial charge in [-0.2, -0.15) is 10.2 Å². The molecule has 3 atom stereocenters. The average Bonchev–Trinajstić information content (AvgIpc) is 3.61. The van der Waals surface area contributed by atoms with Gasteiger partial charge in [0.2, 0.25) is 5.88 Å². The molecule has 214 valence electrons. The van der Waals surface area contributed by atoms with Gasteiger partial charge in [0.05, 0.1) is 11.0 Å². The maximum Gasteiger partial charge on any atom is 0.219 e. The van der Waals surface area contributed by atoms with Crippen molar-refractivity contribution in [3.63, 3.8) is 0 Å². The Morgan fingerprint density at radius 1 is 1.25 bits per heavy atom. The molecule has 3 N–H and O–H groups in total. The van der Waals surface area contributed by atoms with Gasteiger partial charge in [-0.3, -0.25) is 4.90 Å². The number of aromatic nitrogens is 3. The number of anilines is 1. The zero-order chi connectivity index (χ0) is 28.4. The molecular formula is C30H42N8O2. The summed E-state index contributed by atoms with van der Waals surface area (Å²) in [4.78, 5) is 14.4. The molecule has 10 nitrogen and oxygen atoms in total. The van der Waals surface area contributed by atoms with Crippen molar-refractivity contribution in [3.05, 3.63) is 40.3 Å². The number of nitrogens with zero attached hydrogens (tertiary/aromatic N) is 6. The molecule has 10 heteroatoms. The molecule has 5 rings (SSSR count). The molecule has 0 aromatic carbocycles. The van der Waals surface area contributed by atoms with E-state index in [2.05, 4.69) is 54.2 Å². The van der Waals surface area contributed by atoms with Crippen LogP contribution in [0.1, 0.15) is 65.6 Å². The minimum absolute atomic E-state index is 0.00787. The van der Waals surface area contributed by atoms with Gasteiger partial charge in [0, 0.05) is 50.1 Å². The molecule has 2 saturated heterocycles. The maximum absolute atomic E-state index is 9.97. The van der Waals surface area contributed by atoms with E-state index in [0.717, 1.165) is 75.4 Å². The highest BCUT2D eigenvalue weighted by atomic mass is 16.5. The largest absolute Gasteiger partial charge is 0.473 e. The molecule has 1 unspecified atom stereocenters. The second-order valence-corrected chi connectivity index (χ2v) is 11.7. The third-order valence-electron chi connectivity index (χ3n) is 8.80. The van der Waals surface area contributed by atoms with Gasteiger partial charge in [-0.1, -0.05) is 10.7 Å². The quantitative estimate of drug-likeness (QED) is 0.493. The fraction of sp³-hybridized carbons (Fsp3) is 0.600. The molecule has 2 aliphatic heterocycles. The van der Waals surface area contributed by atoms with Crippen LogP contribution in [0, 0.1) is 11.3 Å². The lowest BCUT2D eigenvalue weighted by Gasteiger charge is -2.35. The van der Waals surface area contributed by atoms with Crippen molar-refractivity contribution in [2.75, 3.05) is 44.7 Å². The Bertz CT molecular complexity index is 1330. The molecule has 40 heavy (non-hydrogen) atoms. The molecule has 2 aromatic heterocycles. The Morgan fingerprint density at radius 2 is 2.02 bits per heavy atom. The molecule has 4 heterocycles. The van der Waals surface area contributed by atoms with Crippen molar-refractivity contribution in [2.24, 2.45) is 5.73 Å². The number of nitrogens with one attached hydrogen (secondary N) is 1. The van der Waals surface area contributed by atoms with Crippen molar-refractivity contribution >= 4 is 5.82 Å². The summed E-state index contributed by atoms with van der Waals surface area (Å²) in [6.45, 7) is 12.7. The standard InChI is InChI=1S/C30H42N8O2/c1-19-8-6-10-30(4,28(19)22(18-31)20(2)32)25-16-23(36-40-25)29-34-26(38-14-11-33-12-15-38)17-27(35-29)39-21(3)24-9-7-13-37(24)5/h16-17,21,24,33H,6-15,32H2,1-5H3/b22-20+/t21-,24-,30?/m0/s1. The van der Waals surface area contributed by atoms with Crippen LogP contribution in [-0.2, 0) is 5.41 Å². The maximum atomic E-state index is 9.97. The van der Waals surface area contributed by atoms with E-state index in [-0.39, 0.29) is 6.10 Å². The summed E-state index contributed by atoms with van der Waals surface area (Å²) < 4.78 is 12.5. The summed E-state index contributed by atoms with van der Waals surface area (Å²) in [5, 5.41) is 17.8. The second kappa shape index (κ2) is 11.6. The van der Waals surface area contributed by atoms with E-state index in [1.54, 1.807) is 6.92 Å². The number of ether oxygens (including phenoxy) is 1. The minimum Gasteiger partial charge on any atom is -0.473 e. The number of piperazine rings is 1. The first-order chi connectivity index (χ1) is 19.2. The molecule has 1 aliphatic carbocycles. The van der Waals surface area contributed by atoms with Crippen LogP contribution in [0.4, 0.5) is 5.82 Å². The highest BCUT2D eigenvalue weighted by Gasteiger charge is 2.41. The van der Waals surface area contributed by atoms with E-state index in [1.165, 1.54) is 6.42 Å². The van der Waals surface area contributed by atoms with E-state index >= 15 is 0 Å². The van der Waals surface area contributed by atoms with Gasteiger partial charge in [-0.15, -0.1) is 0 Å². The lowest BCUT2D eigenvalue weighted by atomic mass is 9.67. The predicted molar refractivity (Wildman–Crippen MR) is 155 cm³/mol. The van der Waals surface area contributed by atoms with Crippen molar-refractivity contribution in [3.8, 4) is 23.5 Å². The van der Waals surface area contributed by atoms with Crippen LogP contribution in [0.3, 0.4) is 0 Å². The summed E-state index contributed by atoms with van der Waals surface area (Å²) in [6.07, 6.45) is 5.03. The number of rotatable bonds is 7. The van der Waals surface area contributed by atoms with Crippen molar-refractivity contribution in [1.29, 1.82) is 5.26 Å². The Hall–Kier alpha value is -3.42. The Labute approximate surface area is 237 Å². The third kappa shape index (κ3) is 5.45. The van der Waals surface area contributed by atoms with Crippen LogP contribution >= 0.6 is 0 Å². The van der Waals surface area contributed by atoms with Crippen LogP contribution in [0.2, 0.25) is 0 Å². The SMILES string of the molecule is CC1=C(/C(C#N)=C(\C)N)C(C)(c2cc(-c3nc(O[C@@H](C)[C@@H]4CCCN4C)cc(N4CCNCC4)n3)no2)CCC1. The molecule has 2 fully saturated rings. The molecule has 0 amide bonds. The van der Waals surface area contributed by atoms with E-state index < -0.39 is 5.41 Å². The summed E-state index contributed by atoms with van der Waals surface area (Å²) in [7, 11) is 2.15. The van der Waals surface area contributed by atoms with Crippen LogP contribution < -0.4 is 20.7 Å². The molecule has 0 saturated carbocycles. The number of allylic oxidation sites excluding steroid dienone is 4. The number of nitrogens with two attached hydrogens (primary N) is 1. The number of likely N-dealkylation sites (N-methyl/N-ethyl adjacent to an activating group) is 1. The number of hydrogen-bond donors (Lipinski definition) is 2. The molecule has 0 radical (unpaired) electrons. The smallest absolute Gasteiger partial charge is 0.219 e. The van der Waals surface area contributed by atoms with Gasteiger partial charge >= 0.3 is 0 Å². The molecule has 3 aliphatic rings. The molecule has 2 aromatic rings. The van der Waals surface area contributed by atoms with Gasteiger partial charge < -0.3 is 25.2 Å². The summed E-state index contributed by atoms with van der Waals surface area (Å²) in [5.74, 6) is 2.53. The third-order valence-corrected chi connectivity index (χ3v) is 8.80. The number of nitriles is 1. The van der Waals surface area contributed by atoms with Crippen LogP contribution in [0.5, 0.6) is 5.88 Å². The van der Waals surface area contributed by atoms with Crippen LogP contribution in [0.25, 0.3) is 11.5 Å². The highest BCUT2D eigenvalue weighted by molar-refractivity contribution is 5.59. The second-order valence-electron chi connectivity index (χ2n) is 11.7. The summed E-state index contributed by atoms with van der Waals surface area (Å²) >= 11 is 0. The average molecular weight is 547 g/mol. The van der Waals surface area contributed by atoms with Crippen LogP contribution in [0.15, 0.2) is 39.1 Å². The van der Waals surface area contributed by atoms with E-state index in [1.807, 2.05) is 12.1 Å². The fourth-order valence-electron chi connectivity index (χ4n) is 6.59. The van der Waals surface area contributed by atoms with Gasteiger partial charge in [0.25, 0.3) is 0 Å². The highest BCUT2D eigenvalue weighted by Crippen LogP contribution is 2.47. The van der Waals surface area contributed by atoms with Gasteiger partial charge in [0.15, 0.2) is 11.5 Å². The van der Waals surface area contributed by atoms with E-state index in [9.17, 15) is 5.26 Å². The predicted octanol–water partition coefficient (Wildman–Crippen LogP) is 3.92. The lowest BCUT2D eigenvalue weighted by Crippen LogP contribution is -2.44. The van der Waals surface area contributed by atoms with Crippen molar-refractivity contribution in [2.45, 2.75) is 77.4 Å². The molecular weight excluding hydrogens is 504 g/mol. The normalized spacial score (nSPS) is 25.5. The van der Waals surface area contributed by atoms with Crippen LogP contribution in [-0.4, -0.2) is 71.9 Å². The monoisotopic (exact) mass is 546 g/mol. The minimum atomic E-state index is -0.531. The van der Waals surface area contributed by atoms with E-state index in [0.29, 0.717) is 40.5 Å².